The third kappa shape index (κ3) is 2.64. The van der Waals surface area contributed by atoms with Crippen molar-refractivity contribution in [3.05, 3.63) is 47.5 Å². The summed E-state index contributed by atoms with van der Waals surface area (Å²) >= 11 is 0. The Kier molecular flexibility index (Phi) is 3.57. The van der Waals surface area contributed by atoms with E-state index < -0.39 is 11.8 Å². The molecule has 1 nitrogen and oxygen atoms in total. The smallest absolute Gasteiger partial charge is 0.376 e. The second kappa shape index (κ2) is 4.73. The van der Waals surface area contributed by atoms with E-state index in [-0.39, 0.29) is 11.0 Å². The van der Waals surface area contributed by atoms with Crippen LogP contribution in [0.3, 0.4) is 0 Å². The van der Waals surface area contributed by atoms with Gasteiger partial charge in [-0.25, -0.2) is 0 Å². The molecule has 21 heavy (non-hydrogen) atoms. The van der Waals surface area contributed by atoms with E-state index in [1.165, 1.54) is 6.07 Å². The van der Waals surface area contributed by atoms with Gasteiger partial charge in [-0.3, -0.25) is 0 Å². The number of benzene rings is 2. The van der Waals surface area contributed by atoms with Gasteiger partial charge in [0.05, 0.1) is 0 Å². The number of hydrogen-bond donors (Lipinski definition) is 1. The first kappa shape index (κ1) is 15.8. The van der Waals surface area contributed by atoms with Crippen LogP contribution in [0.2, 0.25) is 0 Å². The van der Waals surface area contributed by atoms with Gasteiger partial charge in [0.15, 0.2) is 5.60 Å². The summed E-state index contributed by atoms with van der Waals surface area (Å²) in [6.07, 6.45) is -4.73. The van der Waals surface area contributed by atoms with Gasteiger partial charge in [0.2, 0.25) is 0 Å². The summed E-state index contributed by atoms with van der Waals surface area (Å²) in [5.74, 6) is 0. The van der Waals surface area contributed by atoms with Gasteiger partial charge >= 0.3 is 6.18 Å². The summed E-state index contributed by atoms with van der Waals surface area (Å²) in [5, 5.41) is 11.3. The molecule has 1 unspecified atom stereocenters. The highest BCUT2D eigenvalue weighted by atomic mass is 19.4. The number of rotatable bonds is 1. The van der Waals surface area contributed by atoms with Gasteiger partial charge in [-0.05, 0) is 28.7 Å². The molecule has 114 valence electrons. The van der Waals surface area contributed by atoms with Gasteiger partial charge in [-0.15, -0.1) is 0 Å². The summed E-state index contributed by atoms with van der Waals surface area (Å²) < 4.78 is 39.7. The molecule has 0 bridgehead atoms. The van der Waals surface area contributed by atoms with Crippen molar-refractivity contribution < 1.29 is 18.3 Å². The molecular weight excluding hydrogens is 277 g/mol. The van der Waals surface area contributed by atoms with E-state index in [2.05, 4.69) is 0 Å². The van der Waals surface area contributed by atoms with E-state index in [9.17, 15) is 18.3 Å². The van der Waals surface area contributed by atoms with Crippen molar-refractivity contribution >= 4 is 10.8 Å². The van der Waals surface area contributed by atoms with Crippen LogP contribution >= 0.6 is 0 Å². The van der Waals surface area contributed by atoms with Gasteiger partial charge in [0.1, 0.15) is 0 Å². The number of halogens is 3. The van der Waals surface area contributed by atoms with Crippen LogP contribution in [0.25, 0.3) is 10.8 Å². The summed E-state index contributed by atoms with van der Waals surface area (Å²) in [5.41, 5.74) is -2.51. The molecule has 0 heterocycles. The molecule has 0 saturated carbocycles. The first-order valence-electron chi connectivity index (χ1n) is 6.78. The lowest BCUT2D eigenvalue weighted by molar-refractivity contribution is -0.258. The molecule has 0 saturated heterocycles. The molecule has 0 spiro atoms. The van der Waals surface area contributed by atoms with E-state index in [1.807, 2.05) is 32.9 Å². The summed E-state index contributed by atoms with van der Waals surface area (Å²) in [7, 11) is 0. The van der Waals surface area contributed by atoms with Crippen LogP contribution in [0, 0.1) is 0 Å². The average molecular weight is 296 g/mol. The van der Waals surface area contributed by atoms with Crippen LogP contribution in [0.5, 0.6) is 0 Å². The van der Waals surface area contributed by atoms with E-state index in [1.54, 1.807) is 18.2 Å². The Bertz CT molecular complexity index is 659. The van der Waals surface area contributed by atoms with Crippen molar-refractivity contribution in [2.75, 3.05) is 0 Å². The molecule has 2 aromatic rings. The van der Waals surface area contributed by atoms with Gasteiger partial charge < -0.3 is 5.11 Å². The zero-order valence-electron chi connectivity index (χ0n) is 12.5. The van der Waals surface area contributed by atoms with Crippen LogP contribution in [0.15, 0.2) is 36.4 Å². The standard InChI is InChI=1S/C17H19F3O/c1-15(2,3)12-9-5-7-11-8-6-10-13(14(11)12)16(4,21)17(18,19)20/h5-10,21H,1-4H3. The second-order valence-corrected chi connectivity index (χ2v) is 6.53. The molecule has 0 aliphatic heterocycles. The van der Waals surface area contributed by atoms with Gasteiger partial charge in [-0.1, -0.05) is 57.2 Å². The fourth-order valence-electron chi connectivity index (χ4n) is 2.52. The first-order valence-corrected chi connectivity index (χ1v) is 6.78. The highest BCUT2D eigenvalue weighted by Crippen LogP contribution is 2.43. The largest absolute Gasteiger partial charge is 0.421 e. The number of fused-ring (bicyclic) bond motifs is 1. The second-order valence-electron chi connectivity index (χ2n) is 6.53. The fourth-order valence-corrected chi connectivity index (χ4v) is 2.52. The van der Waals surface area contributed by atoms with Crippen molar-refractivity contribution in [1.82, 2.24) is 0 Å². The van der Waals surface area contributed by atoms with Crippen molar-refractivity contribution in [1.29, 1.82) is 0 Å². The van der Waals surface area contributed by atoms with E-state index in [0.717, 1.165) is 12.5 Å². The summed E-state index contributed by atoms with van der Waals surface area (Å²) in [4.78, 5) is 0. The van der Waals surface area contributed by atoms with Crippen molar-refractivity contribution in [2.45, 2.75) is 44.9 Å². The molecular formula is C17H19F3O. The summed E-state index contributed by atoms with van der Waals surface area (Å²) in [6.45, 7) is 6.64. The highest BCUT2D eigenvalue weighted by molar-refractivity contribution is 5.90. The first-order chi connectivity index (χ1) is 9.46. The zero-order valence-corrected chi connectivity index (χ0v) is 12.5. The minimum absolute atomic E-state index is 0.0991. The Morgan fingerprint density at radius 2 is 1.29 bits per heavy atom. The lowest BCUT2D eigenvalue weighted by atomic mass is 9.79. The predicted molar refractivity (Wildman–Crippen MR) is 78.3 cm³/mol. The Hall–Kier alpha value is -1.55. The number of alkyl halides is 3. The Morgan fingerprint density at radius 1 is 0.810 bits per heavy atom. The maximum absolute atomic E-state index is 13.2. The van der Waals surface area contributed by atoms with Crippen LogP contribution in [-0.2, 0) is 11.0 Å². The number of aliphatic hydroxyl groups is 1. The lowest BCUT2D eigenvalue weighted by Crippen LogP contribution is -2.39. The third-order valence-electron chi connectivity index (χ3n) is 3.79. The highest BCUT2D eigenvalue weighted by Gasteiger charge is 2.52. The lowest BCUT2D eigenvalue weighted by Gasteiger charge is -2.30. The molecule has 1 atom stereocenters. The predicted octanol–water partition coefficient (Wildman–Crippen LogP) is 4.91. The van der Waals surface area contributed by atoms with Crippen LogP contribution in [-0.4, -0.2) is 11.3 Å². The zero-order chi connectivity index (χ0) is 16.1. The minimum atomic E-state index is -4.73. The van der Waals surface area contributed by atoms with Gasteiger partial charge in [0.25, 0.3) is 0 Å². The Morgan fingerprint density at radius 3 is 1.71 bits per heavy atom. The minimum Gasteiger partial charge on any atom is -0.376 e. The Balaban J connectivity index is 2.89. The molecule has 1 N–H and O–H groups in total. The van der Waals surface area contributed by atoms with Gasteiger partial charge in [-0.2, -0.15) is 13.2 Å². The quantitative estimate of drug-likeness (QED) is 0.793. The fraction of sp³-hybridized carbons (Fsp3) is 0.412. The molecule has 2 aromatic carbocycles. The van der Waals surface area contributed by atoms with Gasteiger partial charge in [0, 0.05) is 5.56 Å². The van der Waals surface area contributed by atoms with Crippen molar-refractivity contribution in [3.8, 4) is 0 Å². The molecule has 0 radical (unpaired) electrons. The van der Waals surface area contributed by atoms with E-state index in [0.29, 0.717) is 10.8 Å². The molecule has 0 amide bonds. The maximum Gasteiger partial charge on any atom is 0.421 e. The normalized spacial score (nSPS) is 16.0. The number of hydrogen-bond acceptors (Lipinski definition) is 1. The van der Waals surface area contributed by atoms with Crippen LogP contribution in [0.1, 0.15) is 38.8 Å². The topological polar surface area (TPSA) is 20.2 Å². The van der Waals surface area contributed by atoms with E-state index >= 15 is 0 Å². The molecule has 0 fully saturated rings. The van der Waals surface area contributed by atoms with Crippen LogP contribution < -0.4 is 0 Å². The van der Waals surface area contributed by atoms with Crippen LogP contribution in [0.4, 0.5) is 13.2 Å². The third-order valence-corrected chi connectivity index (χ3v) is 3.79. The molecule has 0 aliphatic rings. The SMILES string of the molecule is CC(C)(C)c1cccc2cccc(C(C)(O)C(F)(F)F)c12. The summed E-state index contributed by atoms with van der Waals surface area (Å²) in [6, 6.07) is 10.1. The molecule has 0 aromatic heterocycles. The average Bonchev–Trinajstić information content (AvgIpc) is 2.34. The molecule has 2 rings (SSSR count). The Labute approximate surface area is 122 Å². The van der Waals surface area contributed by atoms with E-state index in [4.69, 9.17) is 0 Å². The van der Waals surface area contributed by atoms with Crippen molar-refractivity contribution in [2.24, 2.45) is 0 Å². The molecule has 0 aliphatic carbocycles. The molecule has 4 heteroatoms. The monoisotopic (exact) mass is 296 g/mol. The maximum atomic E-state index is 13.2. The van der Waals surface area contributed by atoms with Crippen molar-refractivity contribution in [3.63, 3.8) is 0 Å².